The lowest BCUT2D eigenvalue weighted by molar-refractivity contribution is 0.116. The Balaban J connectivity index is 2.30. The van der Waals surface area contributed by atoms with E-state index in [0.717, 1.165) is 25.1 Å². The number of nitrogens with one attached hydrogen (secondary N) is 1. The second-order valence-electron chi connectivity index (χ2n) is 5.31. The molecule has 4 heteroatoms. The molecule has 0 aromatic heterocycles. The second-order valence-corrected chi connectivity index (χ2v) is 5.31. The molecule has 0 bridgehead atoms. The zero-order valence-corrected chi connectivity index (χ0v) is 12.5. The molecule has 2 N–H and O–H groups in total. The van der Waals surface area contributed by atoms with E-state index >= 15 is 0 Å². The third-order valence-corrected chi connectivity index (χ3v) is 3.13. The lowest BCUT2D eigenvalue weighted by Crippen LogP contribution is -2.23. The van der Waals surface area contributed by atoms with Gasteiger partial charge in [-0.1, -0.05) is 26.0 Å². The Morgan fingerprint density at radius 3 is 2.45 bits per heavy atom. The van der Waals surface area contributed by atoms with Gasteiger partial charge in [-0.25, -0.2) is 0 Å². The third kappa shape index (κ3) is 6.05. The van der Waals surface area contributed by atoms with Crippen LogP contribution in [-0.4, -0.2) is 23.9 Å². The van der Waals surface area contributed by atoms with Crippen LogP contribution in [0.25, 0.3) is 0 Å². The molecule has 1 rings (SSSR count). The zero-order valence-electron chi connectivity index (χ0n) is 12.5. The number of nitriles is 1. The lowest BCUT2D eigenvalue weighted by Gasteiger charge is -2.14. The minimum Gasteiger partial charge on any atom is -0.476 e. The first-order valence-electron chi connectivity index (χ1n) is 7.07. The fourth-order valence-electron chi connectivity index (χ4n) is 1.73. The van der Waals surface area contributed by atoms with E-state index in [1.807, 2.05) is 44.2 Å². The highest BCUT2D eigenvalue weighted by atomic mass is 16.5. The fourth-order valence-corrected chi connectivity index (χ4v) is 1.73. The first-order valence-corrected chi connectivity index (χ1v) is 7.07. The smallest absolute Gasteiger partial charge is 0.181 e. The molecule has 0 amide bonds. The van der Waals surface area contributed by atoms with E-state index in [1.54, 1.807) is 6.92 Å². The molecule has 0 aliphatic carbocycles. The SMILES string of the molecule is CC(C#N)Oc1ccc(CNCCC(O)C(C)C)cc1. The number of hydrogen-bond donors (Lipinski definition) is 2. The Kier molecular flexibility index (Phi) is 7.06. The quantitative estimate of drug-likeness (QED) is 0.716. The van der Waals surface area contributed by atoms with Gasteiger partial charge < -0.3 is 15.2 Å². The van der Waals surface area contributed by atoms with Gasteiger partial charge in [-0.15, -0.1) is 0 Å². The summed E-state index contributed by atoms with van der Waals surface area (Å²) in [6.45, 7) is 7.31. The van der Waals surface area contributed by atoms with Crippen molar-refractivity contribution in [1.29, 1.82) is 5.26 Å². The normalized spacial score (nSPS) is 13.8. The Morgan fingerprint density at radius 2 is 1.90 bits per heavy atom. The molecule has 110 valence electrons. The number of aliphatic hydroxyl groups excluding tert-OH is 1. The van der Waals surface area contributed by atoms with Crippen molar-refractivity contribution in [1.82, 2.24) is 5.32 Å². The van der Waals surface area contributed by atoms with Gasteiger partial charge in [0, 0.05) is 6.54 Å². The third-order valence-electron chi connectivity index (χ3n) is 3.13. The van der Waals surface area contributed by atoms with Crippen LogP contribution >= 0.6 is 0 Å². The molecule has 0 saturated heterocycles. The van der Waals surface area contributed by atoms with Crippen LogP contribution in [0, 0.1) is 17.2 Å². The Bertz CT molecular complexity index is 423. The average molecular weight is 276 g/mol. The van der Waals surface area contributed by atoms with E-state index in [1.165, 1.54) is 0 Å². The summed E-state index contributed by atoms with van der Waals surface area (Å²) in [4.78, 5) is 0. The van der Waals surface area contributed by atoms with Crippen LogP contribution in [0.5, 0.6) is 5.75 Å². The molecule has 0 aliphatic heterocycles. The average Bonchev–Trinajstić information content (AvgIpc) is 2.44. The van der Waals surface area contributed by atoms with Crippen LogP contribution in [0.15, 0.2) is 24.3 Å². The Labute approximate surface area is 121 Å². The highest BCUT2D eigenvalue weighted by molar-refractivity contribution is 5.27. The molecule has 0 radical (unpaired) electrons. The highest BCUT2D eigenvalue weighted by Gasteiger charge is 2.07. The van der Waals surface area contributed by atoms with Crippen LogP contribution in [0.1, 0.15) is 32.8 Å². The van der Waals surface area contributed by atoms with Crippen molar-refractivity contribution < 1.29 is 9.84 Å². The van der Waals surface area contributed by atoms with E-state index in [-0.39, 0.29) is 6.10 Å². The van der Waals surface area contributed by atoms with E-state index < -0.39 is 6.10 Å². The van der Waals surface area contributed by atoms with Crippen molar-refractivity contribution in [2.24, 2.45) is 5.92 Å². The number of rotatable bonds is 8. The van der Waals surface area contributed by atoms with Crippen molar-refractivity contribution in [3.63, 3.8) is 0 Å². The lowest BCUT2D eigenvalue weighted by atomic mass is 10.0. The zero-order chi connectivity index (χ0) is 15.0. The van der Waals surface area contributed by atoms with Gasteiger partial charge in [0.05, 0.1) is 6.10 Å². The van der Waals surface area contributed by atoms with Crippen molar-refractivity contribution in [2.45, 2.75) is 45.9 Å². The van der Waals surface area contributed by atoms with E-state index in [2.05, 4.69) is 5.32 Å². The summed E-state index contributed by atoms with van der Waals surface area (Å²) in [6, 6.07) is 9.72. The molecule has 0 spiro atoms. The van der Waals surface area contributed by atoms with E-state index in [0.29, 0.717) is 11.7 Å². The van der Waals surface area contributed by atoms with Gasteiger partial charge in [-0.3, -0.25) is 0 Å². The van der Waals surface area contributed by atoms with Crippen molar-refractivity contribution in [3.8, 4) is 11.8 Å². The second kappa shape index (κ2) is 8.57. The number of benzene rings is 1. The minimum atomic E-state index is -0.434. The monoisotopic (exact) mass is 276 g/mol. The number of ether oxygens (including phenoxy) is 1. The largest absolute Gasteiger partial charge is 0.476 e. The van der Waals surface area contributed by atoms with Crippen molar-refractivity contribution in [2.75, 3.05) is 6.54 Å². The number of nitrogens with zero attached hydrogens (tertiary/aromatic N) is 1. The molecule has 1 aromatic rings. The predicted octanol–water partition coefficient (Wildman–Crippen LogP) is 2.47. The van der Waals surface area contributed by atoms with Crippen molar-refractivity contribution >= 4 is 0 Å². The first-order chi connectivity index (χ1) is 9.52. The standard InChI is InChI=1S/C16H24N2O2/c1-12(2)16(19)8-9-18-11-14-4-6-15(7-5-14)20-13(3)10-17/h4-7,12-13,16,18-19H,8-9,11H2,1-3H3. The van der Waals surface area contributed by atoms with Gasteiger partial charge in [0.25, 0.3) is 0 Å². The summed E-state index contributed by atoms with van der Waals surface area (Å²) in [6.07, 6.45) is 0.0840. The maximum atomic E-state index is 9.68. The molecule has 0 saturated carbocycles. The van der Waals surface area contributed by atoms with Gasteiger partial charge in [0.1, 0.15) is 11.8 Å². The summed E-state index contributed by atoms with van der Waals surface area (Å²) >= 11 is 0. The molecule has 0 fully saturated rings. The molecular formula is C16H24N2O2. The molecule has 20 heavy (non-hydrogen) atoms. The molecule has 1 aromatic carbocycles. The predicted molar refractivity (Wildman–Crippen MR) is 79.3 cm³/mol. The fraction of sp³-hybridized carbons (Fsp3) is 0.562. The molecule has 0 heterocycles. The summed E-state index contributed by atoms with van der Waals surface area (Å²) in [5, 5.41) is 21.7. The van der Waals surface area contributed by atoms with Crippen LogP contribution in [0.4, 0.5) is 0 Å². The first kappa shape index (κ1) is 16.5. The Morgan fingerprint density at radius 1 is 1.25 bits per heavy atom. The highest BCUT2D eigenvalue weighted by Crippen LogP contribution is 2.13. The topological polar surface area (TPSA) is 65.3 Å². The number of aliphatic hydroxyl groups is 1. The van der Waals surface area contributed by atoms with Crippen molar-refractivity contribution in [3.05, 3.63) is 29.8 Å². The van der Waals surface area contributed by atoms with Gasteiger partial charge >= 0.3 is 0 Å². The van der Waals surface area contributed by atoms with Crippen LogP contribution in [0.3, 0.4) is 0 Å². The molecular weight excluding hydrogens is 252 g/mol. The molecule has 2 atom stereocenters. The summed E-state index contributed by atoms with van der Waals surface area (Å²) in [5.41, 5.74) is 1.15. The van der Waals surface area contributed by atoms with E-state index in [9.17, 15) is 5.11 Å². The number of hydrogen-bond acceptors (Lipinski definition) is 4. The summed E-state index contributed by atoms with van der Waals surface area (Å²) in [5.74, 6) is 1.01. The van der Waals surface area contributed by atoms with Crippen LogP contribution in [0.2, 0.25) is 0 Å². The van der Waals surface area contributed by atoms with Gasteiger partial charge in [0.2, 0.25) is 0 Å². The van der Waals surface area contributed by atoms with E-state index in [4.69, 9.17) is 10.00 Å². The molecule has 2 unspecified atom stereocenters. The van der Waals surface area contributed by atoms with Gasteiger partial charge in [-0.2, -0.15) is 5.26 Å². The summed E-state index contributed by atoms with van der Waals surface area (Å²) < 4.78 is 5.39. The minimum absolute atomic E-state index is 0.245. The maximum absolute atomic E-state index is 9.68. The summed E-state index contributed by atoms with van der Waals surface area (Å²) in [7, 11) is 0. The van der Waals surface area contributed by atoms with Crippen LogP contribution in [-0.2, 0) is 6.54 Å². The van der Waals surface area contributed by atoms with Crippen LogP contribution < -0.4 is 10.1 Å². The molecule has 0 aliphatic rings. The Hall–Kier alpha value is -1.57. The molecule has 4 nitrogen and oxygen atoms in total. The van der Waals surface area contributed by atoms with Gasteiger partial charge in [-0.05, 0) is 43.5 Å². The van der Waals surface area contributed by atoms with Gasteiger partial charge in [0.15, 0.2) is 6.10 Å². The maximum Gasteiger partial charge on any atom is 0.181 e.